The minimum atomic E-state index is 0.805. The molecule has 2 aromatic carbocycles. The molecule has 3 aromatic rings. The van der Waals surface area contributed by atoms with E-state index in [4.69, 9.17) is 5.21 Å². The van der Waals surface area contributed by atoms with Crippen LogP contribution in [-0.4, -0.2) is 21.2 Å². The van der Waals surface area contributed by atoms with Crippen LogP contribution in [0.3, 0.4) is 0 Å². The number of hydrogen-bond donors (Lipinski definition) is 1. The monoisotopic (exact) mass is 309 g/mol. The van der Waals surface area contributed by atoms with Gasteiger partial charge < -0.3 is 5.21 Å². The van der Waals surface area contributed by atoms with Crippen LogP contribution in [-0.2, 0) is 7.05 Å². The van der Waals surface area contributed by atoms with Crippen LogP contribution in [0.4, 0.5) is 0 Å². The van der Waals surface area contributed by atoms with Gasteiger partial charge in [-0.3, -0.25) is 4.68 Å². The Bertz CT molecular complexity index is 782. The Morgan fingerprint density at radius 3 is 2.32 bits per heavy atom. The molecule has 0 amide bonds. The molecule has 0 atom stereocenters. The highest BCUT2D eigenvalue weighted by Gasteiger charge is 2.17. The lowest BCUT2D eigenvalue weighted by atomic mass is 10.1. The molecule has 0 spiro atoms. The molecule has 22 heavy (non-hydrogen) atoms. The van der Waals surface area contributed by atoms with Crippen molar-refractivity contribution >= 4 is 18.0 Å². The molecule has 1 N–H and O–H groups in total. The number of rotatable bonds is 4. The zero-order valence-electron chi connectivity index (χ0n) is 12.0. The van der Waals surface area contributed by atoms with Gasteiger partial charge in [-0.15, -0.1) is 0 Å². The van der Waals surface area contributed by atoms with Crippen molar-refractivity contribution in [1.29, 1.82) is 0 Å². The highest BCUT2D eigenvalue weighted by Crippen LogP contribution is 2.34. The van der Waals surface area contributed by atoms with Crippen LogP contribution >= 0.6 is 11.8 Å². The minimum absolute atomic E-state index is 0.805. The zero-order valence-corrected chi connectivity index (χ0v) is 12.9. The van der Waals surface area contributed by atoms with E-state index in [0.717, 1.165) is 26.7 Å². The first-order valence-electron chi connectivity index (χ1n) is 6.82. The molecule has 0 radical (unpaired) electrons. The summed E-state index contributed by atoms with van der Waals surface area (Å²) in [6, 6.07) is 19.9. The fourth-order valence-electron chi connectivity index (χ4n) is 2.23. The number of aryl methyl sites for hydroxylation is 1. The van der Waals surface area contributed by atoms with Gasteiger partial charge >= 0.3 is 0 Å². The van der Waals surface area contributed by atoms with E-state index in [9.17, 15) is 0 Å². The largest absolute Gasteiger partial charge is 0.411 e. The molecule has 0 fully saturated rings. The second-order valence-electron chi connectivity index (χ2n) is 4.72. The summed E-state index contributed by atoms with van der Waals surface area (Å²) >= 11 is 1.59. The van der Waals surface area contributed by atoms with Crippen molar-refractivity contribution in [1.82, 2.24) is 9.78 Å². The summed E-state index contributed by atoms with van der Waals surface area (Å²) in [5, 5.41) is 17.8. The molecule has 3 rings (SSSR count). The Hall–Kier alpha value is -2.53. The van der Waals surface area contributed by atoms with Gasteiger partial charge in [-0.05, 0) is 12.1 Å². The summed E-state index contributed by atoms with van der Waals surface area (Å²) in [4.78, 5) is 1.11. The lowest BCUT2D eigenvalue weighted by molar-refractivity contribution is 0.321. The predicted molar refractivity (Wildman–Crippen MR) is 88.6 cm³/mol. The van der Waals surface area contributed by atoms with Gasteiger partial charge in [0.25, 0.3) is 0 Å². The third kappa shape index (κ3) is 2.89. The number of oxime groups is 1. The van der Waals surface area contributed by atoms with E-state index < -0.39 is 0 Å². The molecular weight excluding hydrogens is 294 g/mol. The molecule has 1 heterocycles. The van der Waals surface area contributed by atoms with Crippen LogP contribution in [0.15, 0.2) is 75.7 Å². The van der Waals surface area contributed by atoms with E-state index in [1.807, 2.05) is 72.4 Å². The summed E-state index contributed by atoms with van der Waals surface area (Å²) in [5.41, 5.74) is 2.61. The molecular formula is C17H15N3OS. The minimum Gasteiger partial charge on any atom is -0.411 e. The predicted octanol–water partition coefficient (Wildman–Crippen LogP) is 4.05. The summed E-state index contributed by atoms with van der Waals surface area (Å²) in [6.07, 6.45) is 1.45. The van der Waals surface area contributed by atoms with Crippen LogP contribution in [0.25, 0.3) is 11.3 Å². The molecule has 0 aliphatic heterocycles. The smallest absolute Gasteiger partial charge is 0.108 e. The second kappa shape index (κ2) is 6.49. The molecule has 0 unspecified atom stereocenters. The van der Waals surface area contributed by atoms with Gasteiger partial charge in [0.1, 0.15) is 10.7 Å². The lowest BCUT2D eigenvalue weighted by Crippen LogP contribution is -1.93. The summed E-state index contributed by atoms with van der Waals surface area (Å²) < 4.78 is 1.82. The Labute approximate surface area is 133 Å². The molecule has 4 nitrogen and oxygen atoms in total. The van der Waals surface area contributed by atoms with E-state index >= 15 is 0 Å². The Kier molecular flexibility index (Phi) is 4.25. The van der Waals surface area contributed by atoms with Crippen molar-refractivity contribution < 1.29 is 5.21 Å². The maximum absolute atomic E-state index is 9.01. The normalized spacial score (nSPS) is 11.1. The van der Waals surface area contributed by atoms with Crippen molar-refractivity contribution in [3.05, 3.63) is 66.2 Å². The average molecular weight is 309 g/mol. The van der Waals surface area contributed by atoms with Crippen LogP contribution in [0, 0.1) is 0 Å². The topological polar surface area (TPSA) is 50.4 Å². The molecule has 0 aliphatic rings. The first kappa shape index (κ1) is 14.4. The molecule has 0 aliphatic carbocycles. The molecule has 1 aromatic heterocycles. The zero-order chi connectivity index (χ0) is 15.4. The highest BCUT2D eigenvalue weighted by atomic mass is 32.2. The summed E-state index contributed by atoms with van der Waals surface area (Å²) in [5.74, 6) is 0. The quantitative estimate of drug-likeness (QED) is 0.449. The van der Waals surface area contributed by atoms with E-state index in [1.165, 1.54) is 6.21 Å². The average Bonchev–Trinajstić information content (AvgIpc) is 2.86. The van der Waals surface area contributed by atoms with E-state index in [0.29, 0.717) is 0 Å². The van der Waals surface area contributed by atoms with Gasteiger partial charge in [0.2, 0.25) is 0 Å². The maximum Gasteiger partial charge on any atom is 0.108 e. The van der Waals surface area contributed by atoms with Gasteiger partial charge in [0, 0.05) is 17.5 Å². The Morgan fingerprint density at radius 1 is 1.05 bits per heavy atom. The summed E-state index contributed by atoms with van der Waals surface area (Å²) in [6.45, 7) is 0. The lowest BCUT2D eigenvalue weighted by Gasteiger charge is -2.03. The third-order valence-corrected chi connectivity index (χ3v) is 4.41. The van der Waals surface area contributed by atoms with Crippen molar-refractivity contribution in [3.8, 4) is 11.3 Å². The fourth-order valence-corrected chi connectivity index (χ4v) is 3.18. The second-order valence-corrected chi connectivity index (χ2v) is 5.78. The van der Waals surface area contributed by atoms with Crippen molar-refractivity contribution in [2.45, 2.75) is 9.92 Å². The first-order valence-corrected chi connectivity index (χ1v) is 7.64. The Morgan fingerprint density at radius 2 is 1.68 bits per heavy atom. The SMILES string of the molecule is Cn1nc(-c2ccccc2)c(/C=N\O)c1Sc1ccccc1. The van der Waals surface area contributed by atoms with Crippen molar-refractivity contribution in [2.75, 3.05) is 0 Å². The molecule has 110 valence electrons. The number of hydrogen-bond acceptors (Lipinski definition) is 4. The van der Waals surface area contributed by atoms with E-state index in [2.05, 4.69) is 10.3 Å². The van der Waals surface area contributed by atoms with Crippen molar-refractivity contribution in [2.24, 2.45) is 12.2 Å². The third-order valence-electron chi connectivity index (χ3n) is 3.22. The highest BCUT2D eigenvalue weighted by molar-refractivity contribution is 7.99. The summed E-state index contributed by atoms with van der Waals surface area (Å²) in [7, 11) is 1.90. The van der Waals surface area contributed by atoms with Gasteiger partial charge in [-0.1, -0.05) is 65.4 Å². The van der Waals surface area contributed by atoms with Crippen molar-refractivity contribution in [3.63, 3.8) is 0 Å². The van der Waals surface area contributed by atoms with Gasteiger partial charge in [-0.25, -0.2) is 0 Å². The van der Waals surface area contributed by atoms with Crippen LogP contribution in [0.5, 0.6) is 0 Å². The maximum atomic E-state index is 9.01. The van der Waals surface area contributed by atoms with Gasteiger partial charge in [0.05, 0.1) is 11.8 Å². The molecule has 0 bridgehead atoms. The van der Waals surface area contributed by atoms with Gasteiger partial charge in [0.15, 0.2) is 0 Å². The van der Waals surface area contributed by atoms with Gasteiger partial charge in [-0.2, -0.15) is 5.10 Å². The van der Waals surface area contributed by atoms with E-state index in [1.54, 1.807) is 11.8 Å². The number of nitrogens with zero attached hydrogens (tertiary/aromatic N) is 3. The van der Waals surface area contributed by atoms with E-state index in [-0.39, 0.29) is 0 Å². The standard InChI is InChI=1S/C17H15N3OS/c1-20-17(22-14-10-6-3-7-11-14)15(12-18-21)16(19-20)13-8-4-2-5-9-13/h2-12,21H,1H3/b18-12-. The molecule has 0 saturated carbocycles. The van der Waals surface area contributed by atoms with Crippen LogP contribution in [0.2, 0.25) is 0 Å². The Balaban J connectivity index is 2.09. The molecule has 0 saturated heterocycles. The molecule has 5 heteroatoms. The fraction of sp³-hybridized carbons (Fsp3) is 0.0588. The number of benzene rings is 2. The first-order chi connectivity index (χ1) is 10.8. The number of aromatic nitrogens is 2. The van der Waals surface area contributed by atoms with Crippen LogP contribution < -0.4 is 0 Å². The van der Waals surface area contributed by atoms with Crippen LogP contribution in [0.1, 0.15) is 5.56 Å².